The Hall–Kier alpha value is -1.28. The summed E-state index contributed by atoms with van der Waals surface area (Å²) in [7, 11) is -3.62. The number of hydrogen-bond donors (Lipinski definition) is 2. The third-order valence-electron chi connectivity index (χ3n) is 2.96. The molecule has 21 heavy (non-hydrogen) atoms. The highest BCUT2D eigenvalue weighted by Gasteiger charge is 2.20. The molecule has 0 aliphatic rings. The van der Waals surface area contributed by atoms with E-state index in [0.717, 1.165) is 16.2 Å². The van der Waals surface area contributed by atoms with Crippen LogP contribution in [-0.4, -0.2) is 20.1 Å². The van der Waals surface area contributed by atoms with E-state index in [0.29, 0.717) is 12.0 Å². The molecule has 1 heterocycles. The summed E-state index contributed by atoms with van der Waals surface area (Å²) in [5.41, 5.74) is 0.687. The van der Waals surface area contributed by atoms with Crippen LogP contribution in [0.15, 0.2) is 40.6 Å². The summed E-state index contributed by atoms with van der Waals surface area (Å²) in [4.78, 5) is 0.812. The van der Waals surface area contributed by atoms with Crippen LogP contribution in [0, 0.1) is 5.82 Å². The zero-order valence-electron chi connectivity index (χ0n) is 11.4. The number of aliphatic hydroxyl groups excluding tert-OH is 1. The maximum Gasteiger partial charge on any atom is 0.250 e. The molecule has 1 aromatic heterocycles. The largest absolute Gasteiger partial charge is 0.396 e. The van der Waals surface area contributed by atoms with E-state index in [-0.39, 0.29) is 16.6 Å². The van der Waals surface area contributed by atoms with Gasteiger partial charge in [-0.2, -0.15) is 0 Å². The van der Waals surface area contributed by atoms with Crippen molar-refractivity contribution in [3.63, 3.8) is 0 Å². The topological polar surface area (TPSA) is 66.4 Å². The van der Waals surface area contributed by atoms with Crippen molar-refractivity contribution < 1.29 is 17.9 Å². The maximum atomic E-state index is 12.9. The van der Waals surface area contributed by atoms with Crippen molar-refractivity contribution in [1.29, 1.82) is 0 Å². The number of aliphatic hydroxyl groups is 1. The summed E-state index contributed by atoms with van der Waals surface area (Å²) < 4.78 is 40.2. The molecule has 114 valence electrons. The lowest BCUT2D eigenvalue weighted by Crippen LogP contribution is -2.26. The van der Waals surface area contributed by atoms with E-state index in [9.17, 15) is 12.8 Å². The van der Waals surface area contributed by atoms with Gasteiger partial charge in [0, 0.05) is 23.9 Å². The minimum atomic E-state index is -3.62. The Balaban J connectivity index is 2.14. The van der Waals surface area contributed by atoms with Crippen molar-refractivity contribution >= 4 is 21.4 Å². The van der Waals surface area contributed by atoms with Crippen LogP contribution < -0.4 is 4.72 Å². The highest BCUT2D eigenvalue weighted by molar-refractivity contribution is 7.91. The fourth-order valence-electron chi connectivity index (χ4n) is 1.86. The Labute approximate surface area is 127 Å². The number of benzene rings is 1. The third-order valence-corrected chi connectivity index (χ3v) is 6.14. The summed E-state index contributed by atoms with van der Waals surface area (Å²) in [5, 5.41) is 8.86. The normalized spacial score (nSPS) is 13.3. The van der Waals surface area contributed by atoms with Gasteiger partial charge in [-0.3, -0.25) is 0 Å². The van der Waals surface area contributed by atoms with E-state index in [4.69, 9.17) is 5.11 Å². The summed E-state index contributed by atoms with van der Waals surface area (Å²) in [6.07, 6.45) is 0.438. The van der Waals surface area contributed by atoms with Gasteiger partial charge in [-0.1, -0.05) is 12.1 Å². The van der Waals surface area contributed by atoms with E-state index in [1.54, 1.807) is 25.1 Å². The lowest BCUT2D eigenvalue weighted by molar-refractivity contribution is 0.300. The standard InChI is InChI=1S/C14H16FNO3S2/c1-10(11-2-4-12(15)5-3-11)16-21(18,19)14-7-6-13(20-14)8-9-17/h2-7,10,16-17H,8-9H2,1H3. The Bertz CT molecular complexity index is 695. The molecule has 0 saturated carbocycles. The van der Waals surface area contributed by atoms with Gasteiger partial charge in [-0.25, -0.2) is 17.5 Å². The first-order valence-corrected chi connectivity index (χ1v) is 8.70. The van der Waals surface area contributed by atoms with Crippen LogP contribution in [0.25, 0.3) is 0 Å². The molecule has 0 amide bonds. The zero-order chi connectivity index (χ0) is 15.5. The lowest BCUT2D eigenvalue weighted by atomic mass is 10.1. The number of rotatable bonds is 6. The van der Waals surface area contributed by atoms with Crippen LogP contribution in [0.3, 0.4) is 0 Å². The molecule has 4 nitrogen and oxygen atoms in total. The van der Waals surface area contributed by atoms with E-state index >= 15 is 0 Å². The van der Waals surface area contributed by atoms with Gasteiger partial charge in [0.05, 0.1) is 0 Å². The molecule has 2 aromatic rings. The van der Waals surface area contributed by atoms with E-state index in [1.165, 1.54) is 18.2 Å². The molecule has 1 aromatic carbocycles. The van der Waals surface area contributed by atoms with Crippen LogP contribution in [0.1, 0.15) is 23.4 Å². The van der Waals surface area contributed by atoms with Crippen LogP contribution in [-0.2, 0) is 16.4 Å². The van der Waals surface area contributed by atoms with Crippen LogP contribution in [0.2, 0.25) is 0 Å². The second kappa shape index (κ2) is 6.65. The van der Waals surface area contributed by atoms with Gasteiger partial charge in [-0.15, -0.1) is 11.3 Å². The van der Waals surface area contributed by atoms with Crippen molar-refractivity contribution in [1.82, 2.24) is 4.72 Å². The second-order valence-corrected chi connectivity index (χ2v) is 7.70. The SMILES string of the molecule is CC(NS(=O)(=O)c1ccc(CCO)s1)c1ccc(F)cc1. The van der Waals surface area contributed by atoms with Gasteiger partial charge in [0.15, 0.2) is 0 Å². The maximum absolute atomic E-state index is 12.9. The lowest BCUT2D eigenvalue weighted by Gasteiger charge is -2.13. The smallest absolute Gasteiger partial charge is 0.250 e. The molecule has 0 saturated heterocycles. The molecule has 2 N–H and O–H groups in total. The zero-order valence-corrected chi connectivity index (χ0v) is 13.0. The molecular weight excluding hydrogens is 313 g/mol. The Morgan fingerprint density at radius 3 is 2.52 bits per heavy atom. The first-order valence-electron chi connectivity index (χ1n) is 6.40. The first-order chi connectivity index (χ1) is 9.92. The fourth-order valence-corrected chi connectivity index (χ4v) is 4.45. The van der Waals surface area contributed by atoms with Gasteiger partial charge >= 0.3 is 0 Å². The van der Waals surface area contributed by atoms with Crippen LogP contribution in [0.5, 0.6) is 0 Å². The summed E-state index contributed by atoms with van der Waals surface area (Å²) in [5.74, 6) is -0.360. The molecule has 0 spiro atoms. The number of nitrogens with one attached hydrogen (secondary N) is 1. The predicted octanol–water partition coefficient (Wildman–Crippen LogP) is 2.46. The van der Waals surface area contributed by atoms with E-state index in [2.05, 4.69) is 4.72 Å². The molecule has 1 atom stereocenters. The Kier molecular flexibility index (Phi) is 5.10. The fraction of sp³-hybridized carbons (Fsp3) is 0.286. The van der Waals surface area contributed by atoms with Crippen molar-refractivity contribution in [3.05, 3.63) is 52.7 Å². The summed E-state index contributed by atoms with van der Waals surface area (Å²) in [6, 6.07) is 8.45. The minimum absolute atomic E-state index is 0.0145. The van der Waals surface area contributed by atoms with Gasteiger partial charge in [0.2, 0.25) is 0 Å². The molecule has 2 rings (SSSR count). The van der Waals surface area contributed by atoms with Crippen LogP contribution in [0.4, 0.5) is 4.39 Å². The molecule has 0 radical (unpaired) electrons. The molecule has 1 unspecified atom stereocenters. The van der Waals surface area contributed by atoms with Gasteiger partial charge in [0.25, 0.3) is 10.0 Å². The molecular formula is C14H16FNO3S2. The average molecular weight is 329 g/mol. The molecule has 0 fully saturated rings. The number of sulfonamides is 1. The highest BCUT2D eigenvalue weighted by atomic mass is 32.2. The first kappa shape index (κ1) is 16.1. The van der Waals surface area contributed by atoms with Gasteiger partial charge in [0.1, 0.15) is 10.0 Å². The van der Waals surface area contributed by atoms with Crippen molar-refractivity contribution in [3.8, 4) is 0 Å². The predicted molar refractivity (Wildman–Crippen MR) is 80.2 cm³/mol. The number of hydrogen-bond acceptors (Lipinski definition) is 4. The summed E-state index contributed by atoms with van der Waals surface area (Å²) in [6.45, 7) is 1.69. The van der Waals surface area contributed by atoms with Gasteiger partial charge in [-0.05, 0) is 36.8 Å². The van der Waals surface area contributed by atoms with Crippen molar-refractivity contribution in [2.24, 2.45) is 0 Å². The molecule has 7 heteroatoms. The van der Waals surface area contributed by atoms with Crippen molar-refractivity contribution in [2.45, 2.75) is 23.6 Å². The molecule has 0 aliphatic carbocycles. The Morgan fingerprint density at radius 2 is 1.90 bits per heavy atom. The van der Waals surface area contributed by atoms with Crippen LogP contribution >= 0.6 is 11.3 Å². The minimum Gasteiger partial charge on any atom is -0.396 e. The third kappa shape index (κ3) is 4.10. The highest BCUT2D eigenvalue weighted by Crippen LogP contribution is 2.24. The van der Waals surface area contributed by atoms with E-state index < -0.39 is 16.1 Å². The number of halogens is 1. The second-order valence-electron chi connectivity index (χ2n) is 4.59. The monoisotopic (exact) mass is 329 g/mol. The number of thiophene rings is 1. The quantitative estimate of drug-likeness (QED) is 0.855. The Morgan fingerprint density at radius 1 is 1.24 bits per heavy atom. The summed E-state index contributed by atoms with van der Waals surface area (Å²) >= 11 is 1.13. The molecule has 0 aliphatic heterocycles. The average Bonchev–Trinajstić information content (AvgIpc) is 2.89. The van der Waals surface area contributed by atoms with E-state index in [1.807, 2.05) is 0 Å². The van der Waals surface area contributed by atoms with Gasteiger partial charge < -0.3 is 5.11 Å². The van der Waals surface area contributed by atoms with Crippen molar-refractivity contribution in [2.75, 3.05) is 6.61 Å². The molecule has 0 bridgehead atoms.